The summed E-state index contributed by atoms with van der Waals surface area (Å²) in [5.74, 6) is 2.82. The van der Waals surface area contributed by atoms with E-state index in [4.69, 9.17) is 4.74 Å². The lowest BCUT2D eigenvalue weighted by molar-refractivity contribution is 0.179. The molecule has 0 aliphatic heterocycles. The molecule has 0 bridgehead atoms. The van der Waals surface area contributed by atoms with Gasteiger partial charge in [-0.2, -0.15) is 0 Å². The van der Waals surface area contributed by atoms with Crippen LogP contribution >= 0.6 is 22.6 Å². The summed E-state index contributed by atoms with van der Waals surface area (Å²) in [5, 5.41) is 0. The van der Waals surface area contributed by atoms with Crippen molar-refractivity contribution in [3.8, 4) is 0 Å². The Labute approximate surface area is 133 Å². The quantitative estimate of drug-likeness (QED) is 0.802. The highest BCUT2D eigenvalue weighted by Crippen LogP contribution is 2.37. The SMILES string of the molecule is COCc1nc(C2CCC(C(C)C)CC2)[nH]c(=O)c1I. The van der Waals surface area contributed by atoms with Gasteiger partial charge in [-0.05, 0) is 60.1 Å². The van der Waals surface area contributed by atoms with Crippen LogP contribution in [0.2, 0.25) is 0 Å². The molecule has 0 unspecified atom stereocenters. The largest absolute Gasteiger partial charge is 0.378 e. The standard InChI is InChI=1S/C15H23IN2O2/c1-9(2)10-4-6-11(7-5-10)14-17-12(8-20-3)13(16)15(19)18-14/h9-11H,4-8H2,1-3H3,(H,17,18,19). The molecular weight excluding hydrogens is 367 g/mol. The maximum atomic E-state index is 12.0. The van der Waals surface area contributed by atoms with Gasteiger partial charge in [-0.3, -0.25) is 4.79 Å². The van der Waals surface area contributed by atoms with Gasteiger partial charge in [-0.1, -0.05) is 13.8 Å². The summed E-state index contributed by atoms with van der Waals surface area (Å²) in [6.45, 7) is 5.00. The lowest BCUT2D eigenvalue weighted by Gasteiger charge is -2.30. The Morgan fingerprint density at radius 1 is 1.35 bits per heavy atom. The fourth-order valence-corrected chi connectivity index (χ4v) is 3.42. The summed E-state index contributed by atoms with van der Waals surface area (Å²) in [6, 6.07) is 0. The van der Waals surface area contributed by atoms with E-state index >= 15 is 0 Å². The molecule has 1 heterocycles. The Hall–Kier alpha value is -0.430. The lowest BCUT2D eigenvalue weighted by Crippen LogP contribution is -2.24. The van der Waals surface area contributed by atoms with Gasteiger partial charge in [0.15, 0.2) is 0 Å². The second-order valence-electron chi connectivity index (χ2n) is 6.00. The van der Waals surface area contributed by atoms with Crippen molar-refractivity contribution in [2.75, 3.05) is 7.11 Å². The Morgan fingerprint density at radius 3 is 2.55 bits per heavy atom. The third kappa shape index (κ3) is 3.61. The summed E-state index contributed by atoms with van der Waals surface area (Å²) in [5.41, 5.74) is 0.728. The fourth-order valence-electron chi connectivity index (χ4n) is 3.01. The van der Waals surface area contributed by atoms with E-state index in [2.05, 4.69) is 23.8 Å². The molecule has 112 valence electrons. The van der Waals surface area contributed by atoms with Crippen LogP contribution in [-0.2, 0) is 11.3 Å². The predicted octanol–water partition coefficient (Wildman–Crippen LogP) is 3.45. The van der Waals surface area contributed by atoms with Gasteiger partial charge < -0.3 is 9.72 Å². The molecule has 5 heteroatoms. The first-order chi connectivity index (χ1) is 9.52. The molecule has 4 nitrogen and oxygen atoms in total. The van der Waals surface area contributed by atoms with Gasteiger partial charge in [0.25, 0.3) is 5.56 Å². The Morgan fingerprint density at radius 2 is 2.00 bits per heavy atom. The third-order valence-electron chi connectivity index (χ3n) is 4.33. The van der Waals surface area contributed by atoms with Crippen molar-refractivity contribution in [3.63, 3.8) is 0 Å². The van der Waals surface area contributed by atoms with Gasteiger partial charge >= 0.3 is 0 Å². The van der Waals surface area contributed by atoms with E-state index in [0.29, 0.717) is 16.1 Å². The number of halogens is 1. The van der Waals surface area contributed by atoms with Crippen LogP contribution in [0.3, 0.4) is 0 Å². The van der Waals surface area contributed by atoms with Crippen LogP contribution in [0.1, 0.15) is 57.0 Å². The summed E-state index contributed by atoms with van der Waals surface area (Å²) < 4.78 is 5.78. The van der Waals surface area contributed by atoms with Crippen LogP contribution in [0.4, 0.5) is 0 Å². The van der Waals surface area contributed by atoms with Crippen molar-refractivity contribution in [1.82, 2.24) is 9.97 Å². The molecule has 1 aliphatic rings. The van der Waals surface area contributed by atoms with Crippen LogP contribution in [0.25, 0.3) is 0 Å². The smallest absolute Gasteiger partial charge is 0.264 e. The molecule has 0 aromatic carbocycles. The van der Waals surface area contributed by atoms with Crippen molar-refractivity contribution < 1.29 is 4.74 Å². The Kier molecular flexibility index (Phi) is 5.60. The molecule has 2 rings (SSSR count). The van der Waals surface area contributed by atoms with Crippen LogP contribution in [0.15, 0.2) is 4.79 Å². The van der Waals surface area contributed by atoms with E-state index in [1.165, 1.54) is 12.8 Å². The first-order valence-electron chi connectivity index (χ1n) is 7.30. The summed E-state index contributed by atoms with van der Waals surface area (Å²) in [4.78, 5) is 19.6. The minimum absolute atomic E-state index is 0.0337. The number of hydrogen-bond donors (Lipinski definition) is 1. The molecule has 1 aromatic heterocycles. The number of ether oxygens (including phenoxy) is 1. The normalized spacial score (nSPS) is 23.2. The molecule has 0 atom stereocenters. The summed E-state index contributed by atoms with van der Waals surface area (Å²) in [6.07, 6.45) is 4.72. The zero-order chi connectivity index (χ0) is 14.7. The second-order valence-corrected chi connectivity index (χ2v) is 7.08. The Balaban J connectivity index is 2.16. The van der Waals surface area contributed by atoms with Gasteiger partial charge in [-0.25, -0.2) is 4.98 Å². The van der Waals surface area contributed by atoms with Gasteiger partial charge in [0.2, 0.25) is 0 Å². The lowest BCUT2D eigenvalue weighted by atomic mass is 9.77. The first kappa shape index (κ1) is 15.9. The van der Waals surface area contributed by atoms with Crippen LogP contribution in [0, 0.1) is 15.4 Å². The molecule has 1 aromatic rings. The van der Waals surface area contributed by atoms with Gasteiger partial charge in [-0.15, -0.1) is 0 Å². The molecule has 1 fully saturated rings. The van der Waals surface area contributed by atoms with Crippen LogP contribution in [-0.4, -0.2) is 17.1 Å². The summed E-state index contributed by atoms with van der Waals surface area (Å²) >= 11 is 2.04. The zero-order valence-electron chi connectivity index (χ0n) is 12.4. The van der Waals surface area contributed by atoms with E-state index in [0.717, 1.165) is 36.2 Å². The number of rotatable bonds is 4. The number of hydrogen-bond acceptors (Lipinski definition) is 3. The first-order valence-corrected chi connectivity index (χ1v) is 8.38. The number of methoxy groups -OCH3 is 1. The predicted molar refractivity (Wildman–Crippen MR) is 87.8 cm³/mol. The molecule has 0 spiro atoms. The minimum Gasteiger partial charge on any atom is -0.378 e. The van der Waals surface area contributed by atoms with Gasteiger partial charge in [0, 0.05) is 13.0 Å². The fraction of sp³-hybridized carbons (Fsp3) is 0.733. The second kappa shape index (κ2) is 7.02. The molecule has 0 saturated heterocycles. The van der Waals surface area contributed by atoms with Crippen LogP contribution in [0.5, 0.6) is 0 Å². The van der Waals surface area contributed by atoms with Crippen molar-refractivity contribution in [2.24, 2.45) is 11.8 Å². The average molecular weight is 390 g/mol. The number of nitrogens with zero attached hydrogens (tertiary/aromatic N) is 1. The molecule has 1 N–H and O–H groups in total. The average Bonchev–Trinajstić information content (AvgIpc) is 2.44. The Bertz CT molecular complexity index is 505. The molecule has 0 amide bonds. The topological polar surface area (TPSA) is 55.0 Å². The monoisotopic (exact) mass is 390 g/mol. The van der Waals surface area contributed by atoms with E-state index in [9.17, 15) is 4.79 Å². The van der Waals surface area contributed by atoms with Crippen molar-refractivity contribution in [2.45, 2.75) is 52.1 Å². The minimum atomic E-state index is -0.0337. The highest BCUT2D eigenvalue weighted by atomic mass is 127. The van der Waals surface area contributed by atoms with E-state index in [1.807, 2.05) is 22.6 Å². The summed E-state index contributed by atoms with van der Waals surface area (Å²) in [7, 11) is 1.63. The van der Waals surface area contributed by atoms with E-state index in [-0.39, 0.29) is 5.56 Å². The highest BCUT2D eigenvalue weighted by molar-refractivity contribution is 14.1. The molecule has 1 aliphatic carbocycles. The number of aromatic nitrogens is 2. The highest BCUT2D eigenvalue weighted by Gasteiger charge is 2.26. The zero-order valence-corrected chi connectivity index (χ0v) is 14.6. The maximum absolute atomic E-state index is 12.0. The van der Waals surface area contributed by atoms with Gasteiger partial charge in [0.05, 0.1) is 12.3 Å². The van der Waals surface area contributed by atoms with E-state index in [1.54, 1.807) is 7.11 Å². The molecule has 0 radical (unpaired) electrons. The number of H-pyrrole nitrogens is 1. The number of aromatic amines is 1. The van der Waals surface area contributed by atoms with Crippen molar-refractivity contribution >= 4 is 22.6 Å². The number of nitrogens with one attached hydrogen (secondary N) is 1. The maximum Gasteiger partial charge on any atom is 0.264 e. The van der Waals surface area contributed by atoms with E-state index < -0.39 is 0 Å². The third-order valence-corrected chi connectivity index (χ3v) is 5.44. The molecule has 1 saturated carbocycles. The van der Waals surface area contributed by atoms with Crippen molar-refractivity contribution in [1.29, 1.82) is 0 Å². The van der Waals surface area contributed by atoms with Crippen LogP contribution < -0.4 is 5.56 Å². The molecular formula is C15H23IN2O2. The van der Waals surface area contributed by atoms with Crippen molar-refractivity contribution in [3.05, 3.63) is 25.4 Å². The molecule has 20 heavy (non-hydrogen) atoms. The van der Waals surface area contributed by atoms with Gasteiger partial charge in [0.1, 0.15) is 9.39 Å².